The van der Waals surface area contributed by atoms with Crippen molar-refractivity contribution in [2.45, 2.75) is 0 Å². The lowest BCUT2D eigenvalue weighted by molar-refractivity contribution is 1.07. The maximum Gasteiger partial charge on any atom is 0.164 e. The Kier molecular flexibility index (Phi) is 6.76. The van der Waals surface area contributed by atoms with Gasteiger partial charge in [-0.1, -0.05) is 115 Å². The van der Waals surface area contributed by atoms with Crippen molar-refractivity contribution >= 4 is 43.6 Å². The summed E-state index contributed by atoms with van der Waals surface area (Å²) >= 11 is 0. The zero-order valence-corrected chi connectivity index (χ0v) is 27.8. The molecule has 7 aromatic carbocycles. The maximum atomic E-state index is 10.7. The molecule has 6 nitrogen and oxygen atoms in total. The number of nitrogens with zero attached hydrogens (tertiary/aromatic N) is 6. The zero-order chi connectivity index (χ0) is 34.6. The second-order valence-electron chi connectivity index (χ2n) is 12.8. The van der Waals surface area contributed by atoms with E-state index in [1.54, 1.807) is 0 Å². The van der Waals surface area contributed by atoms with E-state index in [-0.39, 0.29) is 0 Å². The van der Waals surface area contributed by atoms with Gasteiger partial charge in [0.05, 0.1) is 33.3 Å². The first kappa shape index (κ1) is 29.5. The van der Waals surface area contributed by atoms with Gasteiger partial charge in [0.2, 0.25) is 0 Å². The van der Waals surface area contributed by atoms with Crippen LogP contribution in [0.15, 0.2) is 170 Å². The van der Waals surface area contributed by atoms with Gasteiger partial charge < -0.3 is 9.13 Å². The number of nitriles is 1. The minimum Gasteiger partial charge on any atom is -0.309 e. The van der Waals surface area contributed by atoms with Crippen LogP contribution in [0.4, 0.5) is 0 Å². The Labute approximate surface area is 299 Å². The number of rotatable bonds is 5. The van der Waals surface area contributed by atoms with Gasteiger partial charge in [0, 0.05) is 43.9 Å². The van der Waals surface area contributed by atoms with Gasteiger partial charge in [-0.05, 0) is 54.6 Å². The van der Waals surface area contributed by atoms with E-state index in [0.29, 0.717) is 23.0 Å². The van der Waals surface area contributed by atoms with Crippen molar-refractivity contribution in [2.75, 3.05) is 0 Å². The molecule has 0 aliphatic heterocycles. The van der Waals surface area contributed by atoms with Crippen LogP contribution in [-0.2, 0) is 0 Å². The molecule has 0 unspecified atom stereocenters. The summed E-state index contributed by atoms with van der Waals surface area (Å²) in [6, 6.07) is 60.3. The third-order valence-corrected chi connectivity index (χ3v) is 9.80. The van der Waals surface area contributed by atoms with Crippen molar-refractivity contribution < 1.29 is 0 Å². The van der Waals surface area contributed by atoms with Gasteiger partial charge in [0.15, 0.2) is 17.5 Å². The second-order valence-corrected chi connectivity index (χ2v) is 12.8. The third kappa shape index (κ3) is 4.68. The van der Waals surface area contributed by atoms with E-state index in [0.717, 1.165) is 60.9 Å². The van der Waals surface area contributed by atoms with E-state index >= 15 is 0 Å². The Bertz CT molecular complexity index is 2950. The quantitative estimate of drug-likeness (QED) is 0.184. The standard InChI is InChI=1S/C46H28N6/c47-29-33-26-32(46-49-44(30-14-4-1-5-15-30)48-45(50-46)31-16-6-2-7-17-31)24-25-39(33)52-41-23-13-11-21-36(41)38-27-37-35-20-10-12-22-40(35)51(42(37)28-43(38)52)34-18-8-3-9-19-34/h1-28H. The van der Waals surface area contributed by atoms with Crippen molar-refractivity contribution in [1.82, 2.24) is 24.1 Å². The molecule has 6 heteroatoms. The van der Waals surface area contributed by atoms with Crippen LogP contribution >= 0.6 is 0 Å². The van der Waals surface area contributed by atoms with Gasteiger partial charge in [-0.25, -0.2) is 15.0 Å². The smallest absolute Gasteiger partial charge is 0.164 e. The highest BCUT2D eigenvalue weighted by atomic mass is 15.0. The van der Waals surface area contributed by atoms with Crippen molar-refractivity contribution in [3.8, 4) is 51.6 Å². The molecular weight excluding hydrogens is 637 g/mol. The van der Waals surface area contributed by atoms with Gasteiger partial charge >= 0.3 is 0 Å². The van der Waals surface area contributed by atoms with Crippen molar-refractivity contribution in [3.63, 3.8) is 0 Å². The highest BCUT2D eigenvalue weighted by Crippen LogP contribution is 2.40. The fourth-order valence-electron chi connectivity index (χ4n) is 7.44. The second kappa shape index (κ2) is 11.9. The molecule has 0 spiro atoms. The number of hydrogen-bond donors (Lipinski definition) is 0. The summed E-state index contributed by atoms with van der Waals surface area (Å²) in [5, 5.41) is 15.4. The average molecular weight is 665 g/mol. The Hall–Kier alpha value is -7.36. The molecule has 52 heavy (non-hydrogen) atoms. The SMILES string of the molecule is N#Cc1cc(-c2nc(-c3ccccc3)nc(-c3ccccc3)n2)ccc1-n1c2ccccc2c2cc3c4ccccc4n(-c4ccccc4)c3cc21. The van der Waals surface area contributed by atoms with Crippen LogP contribution in [0.1, 0.15) is 5.56 Å². The molecule has 0 fully saturated rings. The highest BCUT2D eigenvalue weighted by Gasteiger charge is 2.20. The topological polar surface area (TPSA) is 72.3 Å². The van der Waals surface area contributed by atoms with Gasteiger partial charge in [-0.15, -0.1) is 0 Å². The summed E-state index contributed by atoms with van der Waals surface area (Å²) in [5.74, 6) is 1.66. The summed E-state index contributed by atoms with van der Waals surface area (Å²) in [6.07, 6.45) is 0. The summed E-state index contributed by atoms with van der Waals surface area (Å²) in [5.41, 5.74) is 9.24. The minimum atomic E-state index is 0.507. The molecule has 10 rings (SSSR count). The summed E-state index contributed by atoms with van der Waals surface area (Å²) < 4.78 is 4.55. The summed E-state index contributed by atoms with van der Waals surface area (Å²) in [4.78, 5) is 14.7. The van der Waals surface area contributed by atoms with Gasteiger partial charge in [0.25, 0.3) is 0 Å². The van der Waals surface area contributed by atoms with Crippen LogP contribution in [0.5, 0.6) is 0 Å². The highest BCUT2D eigenvalue weighted by molar-refractivity contribution is 6.19. The molecule has 0 saturated heterocycles. The minimum absolute atomic E-state index is 0.507. The predicted octanol–water partition coefficient (Wildman–Crippen LogP) is 10.9. The lowest BCUT2D eigenvalue weighted by Gasteiger charge is -2.13. The van der Waals surface area contributed by atoms with Crippen LogP contribution in [0, 0.1) is 11.3 Å². The first-order valence-electron chi connectivity index (χ1n) is 17.2. The third-order valence-electron chi connectivity index (χ3n) is 9.80. The normalized spacial score (nSPS) is 11.4. The van der Waals surface area contributed by atoms with Crippen molar-refractivity contribution in [1.29, 1.82) is 5.26 Å². The number of fused-ring (bicyclic) bond motifs is 6. The monoisotopic (exact) mass is 664 g/mol. The summed E-state index contributed by atoms with van der Waals surface area (Å²) in [7, 11) is 0. The van der Waals surface area contributed by atoms with Gasteiger partial charge in [-0.3, -0.25) is 0 Å². The van der Waals surface area contributed by atoms with E-state index in [1.165, 1.54) is 10.8 Å². The average Bonchev–Trinajstić information content (AvgIpc) is 3.72. The molecule has 3 heterocycles. The van der Waals surface area contributed by atoms with Crippen molar-refractivity contribution in [3.05, 3.63) is 175 Å². The first-order chi connectivity index (χ1) is 25.7. The molecule has 0 radical (unpaired) electrons. The molecule has 0 aliphatic rings. The molecule has 0 N–H and O–H groups in total. The molecule has 0 bridgehead atoms. The van der Waals surface area contributed by atoms with Crippen LogP contribution in [0.25, 0.3) is 89.2 Å². The van der Waals surface area contributed by atoms with Gasteiger partial charge in [-0.2, -0.15) is 5.26 Å². The Balaban J connectivity index is 1.21. The van der Waals surface area contributed by atoms with Crippen LogP contribution in [0.3, 0.4) is 0 Å². The summed E-state index contributed by atoms with van der Waals surface area (Å²) in [6.45, 7) is 0. The molecule has 0 saturated carbocycles. The fourth-order valence-corrected chi connectivity index (χ4v) is 7.44. The predicted molar refractivity (Wildman–Crippen MR) is 210 cm³/mol. The number of para-hydroxylation sites is 3. The molecule has 10 aromatic rings. The Morgan fingerprint density at radius 3 is 1.44 bits per heavy atom. The zero-order valence-electron chi connectivity index (χ0n) is 27.8. The largest absolute Gasteiger partial charge is 0.309 e. The molecule has 0 aliphatic carbocycles. The van der Waals surface area contributed by atoms with E-state index in [2.05, 4.69) is 100 Å². The number of aromatic nitrogens is 5. The Morgan fingerprint density at radius 1 is 0.385 bits per heavy atom. The number of benzene rings is 7. The van der Waals surface area contributed by atoms with Crippen LogP contribution in [0.2, 0.25) is 0 Å². The van der Waals surface area contributed by atoms with E-state index in [4.69, 9.17) is 15.0 Å². The van der Waals surface area contributed by atoms with Crippen molar-refractivity contribution in [2.24, 2.45) is 0 Å². The molecule has 242 valence electrons. The molecular formula is C46H28N6. The van der Waals surface area contributed by atoms with Gasteiger partial charge in [0.1, 0.15) is 6.07 Å². The maximum absolute atomic E-state index is 10.7. The van der Waals surface area contributed by atoms with E-state index in [1.807, 2.05) is 84.9 Å². The molecule has 3 aromatic heterocycles. The van der Waals surface area contributed by atoms with Crippen LogP contribution in [-0.4, -0.2) is 24.1 Å². The lowest BCUT2D eigenvalue weighted by Crippen LogP contribution is -2.02. The molecule has 0 atom stereocenters. The number of hydrogen-bond acceptors (Lipinski definition) is 4. The van der Waals surface area contributed by atoms with Crippen LogP contribution < -0.4 is 0 Å². The fraction of sp³-hybridized carbons (Fsp3) is 0. The molecule has 0 amide bonds. The lowest BCUT2D eigenvalue weighted by atomic mass is 10.1. The van der Waals surface area contributed by atoms with E-state index in [9.17, 15) is 5.26 Å². The first-order valence-corrected chi connectivity index (χ1v) is 17.2. The Morgan fingerprint density at radius 2 is 0.865 bits per heavy atom. The van der Waals surface area contributed by atoms with E-state index < -0.39 is 0 Å².